The lowest BCUT2D eigenvalue weighted by Gasteiger charge is -2.19. The minimum atomic E-state index is -0.953. The van der Waals surface area contributed by atoms with Crippen molar-refractivity contribution in [2.24, 2.45) is 0 Å². The van der Waals surface area contributed by atoms with E-state index < -0.39 is 5.97 Å². The fourth-order valence-corrected chi connectivity index (χ4v) is 4.16. The molecule has 1 atom stereocenters. The van der Waals surface area contributed by atoms with Crippen LogP contribution in [0.4, 0.5) is 0 Å². The summed E-state index contributed by atoms with van der Waals surface area (Å²) < 4.78 is 0. The SMILES string of the molecule is CN(Cc1csc(C=CC(=O)O)c1)C(=O)C1CCCS1. The normalized spacial score (nSPS) is 18.6. The summed E-state index contributed by atoms with van der Waals surface area (Å²) in [5.74, 6) is 0.319. The molecule has 1 amide bonds. The van der Waals surface area contributed by atoms with Gasteiger partial charge >= 0.3 is 5.97 Å². The van der Waals surface area contributed by atoms with Crippen LogP contribution in [0, 0.1) is 0 Å². The number of aliphatic carboxylic acids is 1. The van der Waals surface area contributed by atoms with Gasteiger partial charge in [0.2, 0.25) is 5.91 Å². The molecule has 1 aromatic heterocycles. The Morgan fingerprint density at radius 3 is 3.00 bits per heavy atom. The summed E-state index contributed by atoms with van der Waals surface area (Å²) in [5.41, 5.74) is 1.04. The maximum absolute atomic E-state index is 12.2. The molecule has 2 heterocycles. The minimum absolute atomic E-state index is 0.116. The first-order chi connectivity index (χ1) is 9.56. The van der Waals surface area contributed by atoms with E-state index in [2.05, 4.69) is 0 Å². The first-order valence-electron chi connectivity index (χ1n) is 6.41. The molecule has 20 heavy (non-hydrogen) atoms. The monoisotopic (exact) mass is 311 g/mol. The van der Waals surface area contributed by atoms with Crippen LogP contribution in [0.1, 0.15) is 23.3 Å². The number of thiophene rings is 1. The largest absolute Gasteiger partial charge is 0.478 e. The van der Waals surface area contributed by atoms with E-state index in [-0.39, 0.29) is 11.2 Å². The summed E-state index contributed by atoms with van der Waals surface area (Å²) in [6.45, 7) is 0.577. The number of carbonyl (C=O) groups is 2. The van der Waals surface area contributed by atoms with Crippen LogP contribution in [0.3, 0.4) is 0 Å². The summed E-state index contributed by atoms with van der Waals surface area (Å²) in [7, 11) is 1.83. The van der Waals surface area contributed by atoms with Crippen molar-refractivity contribution in [2.45, 2.75) is 24.6 Å². The number of hydrogen-bond acceptors (Lipinski definition) is 4. The van der Waals surface area contributed by atoms with Crippen LogP contribution in [0.15, 0.2) is 17.5 Å². The number of hydrogen-bond donors (Lipinski definition) is 1. The number of amides is 1. The van der Waals surface area contributed by atoms with Crippen molar-refractivity contribution in [1.82, 2.24) is 4.90 Å². The van der Waals surface area contributed by atoms with E-state index in [4.69, 9.17) is 5.11 Å². The van der Waals surface area contributed by atoms with Crippen molar-refractivity contribution in [3.8, 4) is 0 Å². The molecule has 6 heteroatoms. The van der Waals surface area contributed by atoms with E-state index in [9.17, 15) is 9.59 Å². The lowest BCUT2D eigenvalue weighted by atomic mass is 10.2. The Balaban J connectivity index is 1.92. The maximum Gasteiger partial charge on any atom is 0.328 e. The van der Waals surface area contributed by atoms with Crippen LogP contribution in [0.2, 0.25) is 0 Å². The summed E-state index contributed by atoms with van der Waals surface area (Å²) in [5, 5.41) is 10.7. The van der Waals surface area contributed by atoms with Crippen LogP contribution < -0.4 is 0 Å². The van der Waals surface area contributed by atoms with Gasteiger partial charge in [0, 0.05) is 24.5 Å². The summed E-state index contributed by atoms with van der Waals surface area (Å²) in [6, 6.07) is 1.93. The van der Waals surface area contributed by atoms with E-state index >= 15 is 0 Å². The Morgan fingerprint density at radius 2 is 2.35 bits per heavy atom. The molecule has 0 aliphatic carbocycles. The number of nitrogens with zero attached hydrogens (tertiary/aromatic N) is 1. The maximum atomic E-state index is 12.2. The van der Waals surface area contributed by atoms with Crippen molar-refractivity contribution >= 4 is 41.1 Å². The molecule has 0 spiro atoms. The standard InChI is InChI=1S/C14H17NO3S2/c1-15(14(18)12-3-2-6-19-12)8-10-7-11(20-9-10)4-5-13(16)17/h4-5,7,9,12H,2-3,6,8H2,1H3,(H,16,17). The van der Waals surface area contributed by atoms with Gasteiger partial charge in [0.25, 0.3) is 0 Å². The summed E-state index contributed by atoms with van der Waals surface area (Å²) in [6.07, 6.45) is 4.80. The van der Waals surface area contributed by atoms with Crippen LogP contribution in [-0.4, -0.2) is 39.9 Å². The van der Waals surface area contributed by atoms with Crippen LogP contribution in [0.5, 0.6) is 0 Å². The number of rotatable bonds is 5. The average Bonchev–Trinajstić information content (AvgIpc) is 3.06. The second-order valence-electron chi connectivity index (χ2n) is 4.72. The molecule has 1 unspecified atom stereocenters. The molecule has 0 bridgehead atoms. The number of carbonyl (C=O) groups excluding carboxylic acids is 1. The van der Waals surface area contributed by atoms with Gasteiger partial charge in [0.1, 0.15) is 0 Å². The topological polar surface area (TPSA) is 57.6 Å². The highest BCUT2D eigenvalue weighted by Gasteiger charge is 2.26. The Hall–Kier alpha value is -1.27. The molecule has 1 fully saturated rings. The number of carboxylic acids is 1. The van der Waals surface area contributed by atoms with Crippen molar-refractivity contribution < 1.29 is 14.7 Å². The van der Waals surface area contributed by atoms with Gasteiger partial charge in [-0.1, -0.05) is 0 Å². The van der Waals surface area contributed by atoms with Crippen LogP contribution >= 0.6 is 23.1 Å². The molecule has 1 aliphatic rings. The van der Waals surface area contributed by atoms with Crippen LogP contribution in [0.25, 0.3) is 6.08 Å². The smallest absolute Gasteiger partial charge is 0.328 e. The van der Waals surface area contributed by atoms with Crippen molar-refractivity contribution in [2.75, 3.05) is 12.8 Å². The van der Waals surface area contributed by atoms with Crippen molar-refractivity contribution in [3.63, 3.8) is 0 Å². The third-order valence-electron chi connectivity index (χ3n) is 3.07. The molecular weight excluding hydrogens is 294 g/mol. The summed E-state index contributed by atoms with van der Waals surface area (Å²) in [4.78, 5) is 25.3. The molecule has 108 valence electrons. The van der Waals surface area contributed by atoms with Gasteiger partial charge in [0.15, 0.2) is 0 Å². The summed E-state index contributed by atoms with van der Waals surface area (Å²) >= 11 is 3.23. The predicted molar refractivity (Wildman–Crippen MR) is 82.9 cm³/mol. The third-order valence-corrected chi connectivity index (χ3v) is 5.38. The predicted octanol–water partition coefficient (Wildman–Crippen LogP) is 2.70. The fraction of sp³-hybridized carbons (Fsp3) is 0.429. The van der Waals surface area contributed by atoms with E-state index in [1.165, 1.54) is 11.3 Å². The van der Waals surface area contributed by atoms with E-state index in [1.54, 1.807) is 22.7 Å². The van der Waals surface area contributed by atoms with Gasteiger partial charge in [-0.25, -0.2) is 4.79 Å². The molecule has 1 aromatic rings. The Labute approximate surface area is 126 Å². The lowest BCUT2D eigenvalue weighted by molar-refractivity contribution is -0.131. The van der Waals surface area contributed by atoms with Crippen molar-refractivity contribution in [1.29, 1.82) is 0 Å². The molecular formula is C14H17NO3S2. The molecule has 1 N–H and O–H groups in total. The first kappa shape index (κ1) is 15.1. The van der Waals surface area contributed by atoms with E-state index in [0.29, 0.717) is 6.54 Å². The Morgan fingerprint density at radius 1 is 1.55 bits per heavy atom. The number of thioether (sulfide) groups is 1. The molecule has 0 saturated carbocycles. The highest BCUT2D eigenvalue weighted by atomic mass is 32.2. The lowest BCUT2D eigenvalue weighted by Crippen LogP contribution is -2.32. The van der Waals surface area contributed by atoms with Gasteiger partial charge < -0.3 is 10.0 Å². The zero-order chi connectivity index (χ0) is 14.5. The zero-order valence-corrected chi connectivity index (χ0v) is 12.9. The van der Waals surface area contributed by atoms with Gasteiger partial charge in [-0.3, -0.25) is 4.79 Å². The van der Waals surface area contributed by atoms with Gasteiger partial charge in [-0.15, -0.1) is 23.1 Å². The quantitative estimate of drug-likeness (QED) is 0.850. The molecule has 0 radical (unpaired) electrons. The molecule has 1 saturated heterocycles. The molecule has 0 aromatic carbocycles. The van der Waals surface area contributed by atoms with Crippen molar-refractivity contribution in [3.05, 3.63) is 28.0 Å². The molecule has 2 rings (SSSR count). The van der Waals surface area contributed by atoms with Gasteiger partial charge in [-0.05, 0) is 41.7 Å². The fourth-order valence-electron chi connectivity index (χ4n) is 2.09. The highest BCUT2D eigenvalue weighted by molar-refractivity contribution is 8.00. The third kappa shape index (κ3) is 4.11. The molecule has 1 aliphatic heterocycles. The minimum Gasteiger partial charge on any atom is -0.478 e. The second kappa shape index (κ2) is 6.95. The zero-order valence-electron chi connectivity index (χ0n) is 11.2. The van der Waals surface area contributed by atoms with E-state index in [1.807, 2.05) is 18.5 Å². The molecule has 4 nitrogen and oxygen atoms in total. The van der Waals surface area contributed by atoms with E-state index in [0.717, 1.165) is 35.1 Å². The van der Waals surface area contributed by atoms with Gasteiger partial charge in [0.05, 0.1) is 5.25 Å². The second-order valence-corrected chi connectivity index (χ2v) is 6.98. The Bertz CT molecular complexity index is 518. The van der Waals surface area contributed by atoms with Crippen LogP contribution in [-0.2, 0) is 16.1 Å². The number of carboxylic acid groups (broad SMARTS) is 1. The first-order valence-corrected chi connectivity index (χ1v) is 8.34. The van der Waals surface area contributed by atoms with Gasteiger partial charge in [-0.2, -0.15) is 0 Å². The average molecular weight is 311 g/mol. The Kier molecular flexibility index (Phi) is 5.25. The highest BCUT2D eigenvalue weighted by Crippen LogP contribution is 2.28.